The van der Waals surface area contributed by atoms with E-state index in [0.717, 1.165) is 30.5 Å². The molecule has 1 amide bonds. The smallest absolute Gasteiger partial charge is 0.250 e. The highest BCUT2D eigenvalue weighted by molar-refractivity contribution is 6.33. The molecule has 5 rings (SSSR count). The van der Waals surface area contributed by atoms with Crippen molar-refractivity contribution in [1.82, 2.24) is 19.9 Å². The van der Waals surface area contributed by atoms with Crippen LogP contribution in [0.15, 0.2) is 60.9 Å². The number of nitrogens with two attached hydrogens (primary N) is 1. The Labute approximate surface area is 206 Å². The van der Waals surface area contributed by atoms with Gasteiger partial charge in [0.2, 0.25) is 11.9 Å². The van der Waals surface area contributed by atoms with Crippen LogP contribution in [0.1, 0.15) is 30.1 Å². The molecule has 0 radical (unpaired) electrons. The molecular formula is C26H22ClFN6O. The van der Waals surface area contributed by atoms with Crippen molar-refractivity contribution >= 4 is 23.5 Å². The Kier molecular flexibility index (Phi) is 6.13. The Morgan fingerprint density at radius 3 is 2.31 bits per heavy atom. The van der Waals surface area contributed by atoms with E-state index >= 15 is 0 Å². The van der Waals surface area contributed by atoms with E-state index < -0.39 is 5.91 Å². The lowest BCUT2D eigenvalue weighted by Crippen LogP contribution is -2.28. The summed E-state index contributed by atoms with van der Waals surface area (Å²) in [6.45, 7) is 3.05. The van der Waals surface area contributed by atoms with E-state index in [-0.39, 0.29) is 16.4 Å². The number of rotatable bonds is 5. The second-order valence-corrected chi connectivity index (χ2v) is 8.89. The number of primary amides is 1. The highest BCUT2D eigenvalue weighted by atomic mass is 35.5. The Hall–Kier alpha value is -3.91. The van der Waals surface area contributed by atoms with Gasteiger partial charge >= 0.3 is 0 Å². The standard InChI is InChI=1S/C26H22ClFN6O/c1-15-3-2-10-34(15)26-32-22(16-4-7-19(28)8-5-16)12-23(33-26)17-6-9-21(30-13-17)24-20(27)11-18(14-31-24)25(29)35/h4-9,11-15H,2-3,10H2,1H3,(H2,29,35)/t15-/m0/s1. The zero-order chi connectivity index (χ0) is 24.5. The van der Waals surface area contributed by atoms with Gasteiger partial charge in [-0.15, -0.1) is 0 Å². The maximum Gasteiger partial charge on any atom is 0.250 e. The molecule has 2 N–H and O–H groups in total. The third-order valence-electron chi connectivity index (χ3n) is 6.09. The summed E-state index contributed by atoms with van der Waals surface area (Å²) >= 11 is 6.31. The predicted molar refractivity (Wildman–Crippen MR) is 133 cm³/mol. The van der Waals surface area contributed by atoms with Gasteiger partial charge in [-0.1, -0.05) is 11.6 Å². The van der Waals surface area contributed by atoms with Crippen molar-refractivity contribution in [2.45, 2.75) is 25.8 Å². The van der Waals surface area contributed by atoms with E-state index in [4.69, 9.17) is 27.3 Å². The van der Waals surface area contributed by atoms with Gasteiger partial charge in [0.1, 0.15) is 11.5 Å². The highest BCUT2D eigenvalue weighted by Crippen LogP contribution is 2.31. The van der Waals surface area contributed by atoms with Gasteiger partial charge in [-0.05, 0) is 68.3 Å². The summed E-state index contributed by atoms with van der Waals surface area (Å²) < 4.78 is 13.5. The van der Waals surface area contributed by atoms with Crippen LogP contribution in [0, 0.1) is 5.82 Å². The van der Waals surface area contributed by atoms with Crippen molar-refractivity contribution in [2.24, 2.45) is 5.73 Å². The van der Waals surface area contributed by atoms with Gasteiger partial charge < -0.3 is 10.6 Å². The van der Waals surface area contributed by atoms with Crippen molar-refractivity contribution in [1.29, 1.82) is 0 Å². The van der Waals surface area contributed by atoms with Crippen LogP contribution in [-0.4, -0.2) is 38.4 Å². The summed E-state index contributed by atoms with van der Waals surface area (Å²) in [5.74, 6) is -0.256. The number of anilines is 1. The second-order valence-electron chi connectivity index (χ2n) is 8.48. The number of halogens is 2. The number of nitrogens with zero attached hydrogens (tertiary/aromatic N) is 5. The molecule has 0 aliphatic carbocycles. The van der Waals surface area contributed by atoms with Crippen LogP contribution >= 0.6 is 11.6 Å². The third kappa shape index (κ3) is 4.70. The molecule has 4 aromatic rings. The zero-order valence-electron chi connectivity index (χ0n) is 18.9. The average molecular weight is 489 g/mol. The first-order chi connectivity index (χ1) is 16.9. The Morgan fingerprint density at radius 2 is 1.71 bits per heavy atom. The topological polar surface area (TPSA) is 97.9 Å². The first-order valence-electron chi connectivity index (χ1n) is 11.2. The third-order valence-corrected chi connectivity index (χ3v) is 6.38. The van der Waals surface area contributed by atoms with Crippen LogP contribution < -0.4 is 10.6 Å². The molecular weight excluding hydrogens is 467 g/mol. The van der Waals surface area contributed by atoms with Gasteiger partial charge in [-0.25, -0.2) is 14.4 Å². The molecule has 35 heavy (non-hydrogen) atoms. The number of pyridine rings is 2. The van der Waals surface area contributed by atoms with Crippen molar-refractivity contribution in [3.05, 3.63) is 77.3 Å². The summed E-state index contributed by atoms with van der Waals surface area (Å²) in [7, 11) is 0. The Balaban J connectivity index is 1.54. The monoisotopic (exact) mass is 488 g/mol. The lowest BCUT2D eigenvalue weighted by molar-refractivity contribution is 0.1000. The zero-order valence-corrected chi connectivity index (χ0v) is 19.7. The van der Waals surface area contributed by atoms with Crippen LogP contribution in [0.2, 0.25) is 5.02 Å². The maximum atomic E-state index is 13.5. The fraction of sp³-hybridized carbons (Fsp3) is 0.192. The molecule has 0 saturated carbocycles. The molecule has 0 unspecified atom stereocenters. The summed E-state index contributed by atoms with van der Waals surface area (Å²) in [5.41, 5.74) is 9.53. The van der Waals surface area contributed by atoms with Crippen molar-refractivity contribution < 1.29 is 9.18 Å². The molecule has 0 bridgehead atoms. The SMILES string of the molecule is C[C@H]1CCCN1c1nc(-c2ccc(F)cc2)cc(-c2ccc(-c3ncc(C(N)=O)cc3Cl)nc2)n1. The minimum Gasteiger partial charge on any atom is -0.366 e. The quantitative estimate of drug-likeness (QED) is 0.417. The van der Waals surface area contributed by atoms with Crippen LogP contribution in [0.3, 0.4) is 0 Å². The summed E-state index contributed by atoms with van der Waals surface area (Å²) in [6, 6.07) is 13.6. The first kappa shape index (κ1) is 22.9. The van der Waals surface area contributed by atoms with Gasteiger partial charge in [-0.3, -0.25) is 14.8 Å². The van der Waals surface area contributed by atoms with Gasteiger partial charge in [0, 0.05) is 36.1 Å². The van der Waals surface area contributed by atoms with Crippen molar-refractivity contribution in [3.63, 3.8) is 0 Å². The number of hydrogen-bond donors (Lipinski definition) is 1. The molecule has 7 nitrogen and oxygen atoms in total. The molecule has 1 fully saturated rings. The average Bonchev–Trinajstić information content (AvgIpc) is 3.30. The summed E-state index contributed by atoms with van der Waals surface area (Å²) in [6.07, 6.45) is 5.24. The minimum absolute atomic E-state index is 0.230. The number of amides is 1. The van der Waals surface area contributed by atoms with Gasteiger partial charge in [-0.2, -0.15) is 0 Å². The number of carbonyl (C=O) groups excluding carboxylic acids is 1. The highest BCUT2D eigenvalue weighted by Gasteiger charge is 2.24. The molecule has 1 aliphatic rings. The number of carbonyl (C=O) groups is 1. The van der Waals surface area contributed by atoms with E-state index in [9.17, 15) is 9.18 Å². The van der Waals surface area contributed by atoms with Crippen LogP contribution in [0.4, 0.5) is 10.3 Å². The van der Waals surface area contributed by atoms with E-state index in [1.807, 2.05) is 12.1 Å². The molecule has 1 aromatic carbocycles. The van der Waals surface area contributed by atoms with Crippen molar-refractivity contribution in [2.75, 3.05) is 11.4 Å². The van der Waals surface area contributed by atoms with Crippen molar-refractivity contribution in [3.8, 4) is 33.9 Å². The first-order valence-corrected chi connectivity index (χ1v) is 11.6. The number of aromatic nitrogens is 4. The molecule has 176 valence electrons. The number of benzene rings is 1. The van der Waals surface area contributed by atoms with Crippen LogP contribution in [0.25, 0.3) is 33.9 Å². The fourth-order valence-electron chi connectivity index (χ4n) is 4.16. The Bertz CT molecular complexity index is 1390. The number of hydrogen-bond acceptors (Lipinski definition) is 6. The summed E-state index contributed by atoms with van der Waals surface area (Å²) in [5, 5.41) is 0.285. The van der Waals surface area contributed by atoms with Crippen LogP contribution in [0.5, 0.6) is 0 Å². The molecule has 1 saturated heterocycles. The largest absolute Gasteiger partial charge is 0.366 e. The van der Waals surface area contributed by atoms with Crippen LogP contribution in [-0.2, 0) is 0 Å². The normalized spacial score (nSPS) is 15.4. The predicted octanol–water partition coefficient (Wildman–Crippen LogP) is 5.15. The summed E-state index contributed by atoms with van der Waals surface area (Å²) in [4.78, 5) is 32.0. The Morgan fingerprint density at radius 1 is 1.00 bits per heavy atom. The molecule has 1 aliphatic heterocycles. The van der Waals surface area contributed by atoms with Gasteiger partial charge in [0.05, 0.1) is 27.7 Å². The maximum absolute atomic E-state index is 13.5. The molecule has 0 spiro atoms. The lowest BCUT2D eigenvalue weighted by atomic mass is 10.1. The molecule has 1 atom stereocenters. The second kappa shape index (κ2) is 9.38. The van der Waals surface area contributed by atoms with E-state index in [0.29, 0.717) is 34.8 Å². The lowest BCUT2D eigenvalue weighted by Gasteiger charge is -2.22. The molecule has 9 heteroatoms. The van der Waals surface area contributed by atoms with E-state index in [2.05, 4.69) is 21.8 Å². The van der Waals surface area contributed by atoms with E-state index in [1.54, 1.807) is 24.4 Å². The molecule has 4 heterocycles. The van der Waals surface area contributed by atoms with Gasteiger partial charge in [0.25, 0.3) is 0 Å². The fourth-order valence-corrected chi connectivity index (χ4v) is 4.42. The van der Waals surface area contributed by atoms with Gasteiger partial charge in [0.15, 0.2) is 0 Å². The van der Waals surface area contributed by atoms with E-state index in [1.165, 1.54) is 24.4 Å². The minimum atomic E-state index is -0.599. The molecule has 3 aromatic heterocycles.